The molecule has 3 rings (SSSR count). The van der Waals surface area contributed by atoms with Crippen LogP contribution in [-0.4, -0.2) is 35.4 Å². The first kappa shape index (κ1) is 21.6. The zero-order valence-electron chi connectivity index (χ0n) is 15.3. The highest BCUT2D eigenvalue weighted by Gasteiger charge is 2.15. The fraction of sp³-hybridized carbons (Fsp3) is 0.167. The molecule has 0 unspecified atom stereocenters. The molecule has 0 atom stereocenters. The summed E-state index contributed by atoms with van der Waals surface area (Å²) in [5, 5.41) is 1.40. The Morgan fingerprint density at radius 1 is 1.00 bits per heavy atom. The van der Waals surface area contributed by atoms with E-state index < -0.39 is 10.1 Å². The average Bonchev–Trinajstić information content (AvgIpc) is 2.67. The number of pyridine rings is 1. The first-order chi connectivity index (χ1) is 13.8. The summed E-state index contributed by atoms with van der Waals surface area (Å²) < 4.78 is 34.7. The molecule has 3 aromatic rings. The third-order valence-electron chi connectivity index (χ3n) is 3.52. The Kier molecular flexibility index (Phi) is 6.84. The monoisotopic (exact) mass is 471 g/mol. The van der Waals surface area contributed by atoms with Crippen molar-refractivity contribution in [2.75, 3.05) is 12.0 Å². The number of ether oxygens (including phenoxy) is 1. The lowest BCUT2D eigenvalue weighted by atomic mass is 10.1. The van der Waals surface area contributed by atoms with Crippen LogP contribution in [0.15, 0.2) is 47.9 Å². The molecule has 0 radical (unpaired) electrons. The predicted octanol–water partition coefficient (Wildman–Crippen LogP) is 5.09. The quantitative estimate of drug-likeness (QED) is 0.267. The minimum absolute atomic E-state index is 0.0459. The minimum Gasteiger partial charge on any atom is -0.436 e. The van der Waals surface area contributed by atoms with E-state index in [1.165, 1.54) is 43.2 Å². The summed E-state index contributed by atoms with van der Waals surface area (Å²) in [6.07, 6.45) is 4.84. The number of hydrogen-bond donors (Lipinski definition) is 0. The van der Waals surface area contributed by atoms with Crippen molar-refractivity contribution in [3.05, 3.63) is 52.8 Å². The van der Waals surface area contributed by atoms with E-state index in [0.717, 1.165) is 0 Å². The number of benzene rings is 1. The van der Waals surface area contributed by atoms with Crippen molar-refractivity contribution in [2.24, 2.45) is 0 Å². The van der Waals surface area contributed by atoms with Crippen LogP contribution in [0.1, 0.15) is 6.92 Å². The molecule has 0 fully saturated rings. The lowest BCUT2D eigenvalue weighted by molar-refractivity contribution is 0.449. The van der Waals surface area contributed by atoms with Gasteiger partial charge in [-0.15, -0.1) is 0 Å². The second kappa shape index (κ2) is 9.17. The number of nitrogens with zero attached hydrogens (tertiary/aromatic N) is 3. The number of hydrogen-bond acceptors (Lipinski definition) is 8. The molecular formula is C18H15Cl2N3O4S2. The first-order valence-electron chi connectivity index (χ1n) is 8.22. The fourth-order valence-corrected chi connectivity index (χ4v) is 3.57. The Morgan fingerprint density at radius 3 is 2.24 bits per heavy atom. The van der Waals surface area contributed by atoms with E-state index in [1.807, 2.05) is 6.26 Å². The summed E-state index contributed by atoms with van der Waals surface area (Å²) in [6.45, 7) is 1.48. The van der Waals surface area contributed by atoms with Crippen LogP contribution in [-0.2, 0) is 10.1 Å². The van der Waals surface area contributed by atoms with E-state index in [2.05, 4.69) is 15.0 Å². The minimum atomic E-state index is -3.75. The zero-order valence-corrected chi connectivity index (χ0v) is 18.4. The maximum Gasteiger partial charge on any atom is 0.308 e. The second-order valence-electron chi connectivity index (χ2n) is 5.62. The van der Waals surface area contributed by atoms with Gasteiger partial charge in [-0.3, -0.25) is 0 Å². The highest BCUT2D eigenvalue weighted by molar-refractivity contribution is 7.98. The van der Waals surface area contributed by atoms with Crippen LogP contribution in [0.3, 0.4) is 0 Å². The third-order valence-corrected chi connectivity index (χ3v) is 5.69. The van der Waals surface area contributed by atoms with Crippen LogP contribution in [0, 0.1) is 0 Å². The molecule has 2 aromatic heterocycles. The van der Waals surface area contributed by atoms with E-state index >= 15 is 0 Å². The van der Waals surface area contributed by atoms with Crippen LogP contribution in [0.4, 0.5) is 0 Å². The van der Waals surface area contributed by atoms with Crippen molar-refractivity contribution < 1.29 is 17.3 Å². The van der Waals surface area contributed by atoms with Gasteiger partial charge in [-0.1, -0.05) is 35.0 Å². The Bertz CT molecular complexity index is 1110. The van der Waals surface area contributed by atoms with Crippen molar-refractivity contribution in [1.29, 1.82) is 0 Å². The second-order valence-corrected chi connectivity index (χ2v) is 9.13. The summed E-state index contributed by atoms with van der Waals surface area (Å²) >= 11 is 13.5. The highest BCUT2D eigenvalue weighted by Crippen LogP contribution is 2.32. The van der Waals surface area contributed by atoms with Crippen LogP contribution in [0.25, 0.3) is 11.3 Å². The number of halogens is 2. The van der Waals surface area contributed by atoms with Gasteiger partial charge in [-0.25, -0.2) is 15.0 Å². The molecule has 0 aliphatic rings. The predicted molar refractivity (Wildman–Crippen MR) is 114 cm³/mol. The summed E-state index contributed by atoms with van der Waals surface area (Å²) in [5.74, 6) is 0.291. The van der Waals surface area contributed by atoms with Crippen molar-refractivity contribution in [2.45, 2.75) is 12.1 Å². The fourth-order valence-electron chi connectivity index (χ4n) is 2.22. The molecule has 2 heterocycles. The molecule has 152 valence electrons. The van der Waals surface area contributed by atoms with Gasteiger partial charge in [0, 0.05) is 27.7 Å². The summed E-state index contributed by atoms with van der Waals surface area (Å²) in [4.78, 5) is 12.7. The van der Waals surface area contributed by atoms with Gasteiger partial charge in [0.1, 0.15) is 5.75 Å². The Morgan fingerprint density at radius 2 is 1.66 bits per heavy atom. The van der Waals surface area contributed by atoms with E-state index in [1.54, 1.807) is 18.2 Å². The van der Waals surface area contributed by atoms with Crippen molar-refractivity contribution in [1.82, 2.24) is 15.0 Å². The normalized spacial score (nSPS) is 11.3. The van der Waals surface area contributed by atoms with E-state index in [-0.39, 0.29) is 17.4 Å². The van der Waals surface area contributed by atoms with Gasteiger partial charge in [0.05, 0.1) is 23.8 Å². The van der Waals surface area contributed by atoms with Crippen LogP contribution >= 0.6 is 35.0 Å². The first-order valence-corrected chi connectivity index (χ1v) is 11.8. The molecule has 0 saturated heterocycles. The van der Waals surface area contributed by atoms with Gasteiger partial charge in [-0.05, 0) is 31.4 Å². The third kappa shape index (κ3) is 5.96. The topological polar surface area (TPSA) is 91.3 Å². The van der Waals surface area contributed by atoms with E-state index in [4.69, 9.17) is 32.1 Å². The Labute approximate surface area is 182 Å². The standard InChI is InChI=1S/C18H15Cl2N3O4S2/c1-3-29(24,25)27-14-7-16(11-4-12(19)6-13(20)5-11)23-17(8-14)26-15-9-21-18(28-2)22-10-15/h4-10H,3H2,1-2H3. The molecule has 29 heavy (non-hydrogen) atoms. The Balaban J connectivity index is 2.03. The lowest BCUT2D eigenvalue weighted by Gasteiger charge is -2.11. The largest absolute Gasteiger partial charge is 0.436 e. The summed E-state index contributed by atoms with van der Waals surface area (Å²) in [6, 6.07) is 7.71. The SMILES string of the molecule is CCS(=O)(=O)Oc1cc(Oc2cnc(SC)nc2)nc(-c2cc(Cl)cc(Cl)c2)c1. The van der Waals surface area contributed by atoms with Gasteiger partial charge < -0.3 is 8.92 Å². The number of aromatic nitrogens is 3. The summed E-state index contributed by atoms with van der Waals surface area (Å²) in [5.41, 5.74) is 0.940. The van der Waals surface area contributed by atoms with Gasteiger partial charge in [0.2, 0.25) is 5.88 Å². The molecule has 0 saturated carbocycles. The molecule has 7 nitrogen and oxygen atoms in total. The van der Waals surface area contributed by atoms with Crippen LogP contribution < -0.4 is 8.92 Å². The molecule has 0 amide bonds. The van der Waals surface area contributed by atoms with E-state index in [9.17, 15) is 8.42 Å². The van der Waals surface area contributed by atoms with Crippen LogP contribution in [0.2, 0.25) is 10.0 Å². The maximum absolute atomic E-state index is 11.9. The summed E-state index contributed by atoms with van der Waals surface area (Å²) in [7, 11) is -3.75. The van der Waals surface area contributed by atoms with Crippen molar-refractivity contribution >= 4 is 45.1 Å². The molecule has 0 spiro atoms. The van der Waals surface area contributed by atoms with Gasteiger partial charge in [0.15, 0.2) is 10.9 Å². The molecule has 11 heteroatoms. The molecule has 0 N–H and O–H groups in total. The average molecular weight is 472 g/mol. The number of thioether (sulfide) groups is 1. The lowest BCUT2D eigenvalue weighted by Crippen LogP contribution is -2.11. The molecule has 0 bridgehead atoms. The molecule has 1 aromatic carbocycles. The van der Waals surface area contributed by atoms with Gasteiger partial charge in [0.25, 0.3) is 0 Å². The molecule has 0 aliphatic heterocycles. The van der Waals surface area contributed by atoms with E-state index in [0.29, 0.717) is 32.2 Å². The highest BCUT2D eigenvalue weighted by atomic mass is 35.5. The van der Waals surface area contributed by atoms with Gasteiger partial charge >= 0.3 is 10.1 Å². The van der Waals surface area contributed by atoms with Gasteiger partial charge in [-0.2, -0.15) is 8.42 Å². The molecular weight excluding hydrogens is 457 g/mol. The zero-order chi connectivity index (χ0) is 21.0. The van der Waals surface area contributed by atoms with Crippen molar-refractivity contribution in [3.63, 3.8) is 0 Å². The Hall–Kier alpha value is -2.07. The number of rotatable bonds is 7. The van der Waals surface area contributed by atoms with Crippen LogP contribution in [0.5, 0.6) is 17.4 Å². The maximum atomic E-state index is 11.9. The van der Waals surface area contributed by atoms with Crippen molar-refractivity contribution in [3.8, 4) is 28.6 Å². The smallest absolute Gasteiger partial charge is 0.308 e. The molecule has 0 aliphatic carbocycles.